The molecule has 1 atom stereocenters. The van der Waals surface area contributed by atoms with E-state index in [1.807, 2.05) is 6.07 Å². The Labute approximate surface area is 192 Å². The van der Waals surface area contributed by atoms with E-state index in [9.17, 15) is 18.0 Å². The SMILES string of the molecule is CCS(=O)(=O)N[C@H]1CCc2cc(OC)c(OC)c(OC)c2-c2ccc(C(=O)OC)c(=O)cc21. The number of rotatable bonds is 7. The van der Waals surface area contributed by atoms with Gasteiger partial charge in [0.15, 0.2) is 16.9 Å². The van der Waals surface area contributed by atoms with Crippen molar-refractivity contribution in [1.82, 2.24) is 4.72 Å². The highest BCUT2D eigenvalue weighted by Gasteiger charge is 2.31. The molecule has 0 bridgehead atoms. The Morgan fingerprint density at radius 3 is 2.33 bits per heavy atom. The highest BCUT2D eigenvalue weighted by atomic mass is 32.2. The van der Waals surface area contributed by atoms with Crippen LogP contribution in [0.4, 0.5) is 0 Å². The van der Waals surface area contributed by atoms with Crippen molar-refractivity contribution < 1.29 is 32.2 Å². The van der Waals surface area contributed by atoms with Gasteiger partial charge in [0.25, 0.3) is 0 Å². The van der Waals surface area contributed by atoms with Crippen molar-refractivity contribution in [2.45, 2.75) is 25.8 Å². The molecule has 0 amide bonds. The van der Waals surface area contributed by atoms with Gasteiger partial charge in [-0.05, 0) is 54.7 Å². The lowest BCUT2D eigenvalue weighted by atomic mass is 9.95. The van der Waals surface area contributed by atoms with Crippen LogP contribution in [0, 0.1) is 0 Å². The summed E-state index contributed by atoms with van der Waals surface area (Å²) >= 11 is 0. The van der Waals surface area contributed by atoms with Gasteiger partial charge in [-0.1, -0.05) is 6.07 Å². The number of methoxy groups -OCH3 is 4. The van der Waals surface area contributed by atoms with Gasteiger partial charge in [-0.3, -0.25) is 4.79 Å². The molecule has 3 rings (SSSR count). The van der Waals surface area contributed by atoms with Crippen LogP contribution >= 0.6 is 0 Å². The van der Waals surface area contributed by atoms with Gasteiger partial charge in [0.05, 0.1) is 34.2 Å². The smallest absolute Gasteiger partial charge is 0.341 e. The van der Waals surface area contributed by atoms with Crippen molar-refractivity contribution in [2.24, 2.45) is 0 Å². The van der Waals surface area contributed by atoms with E-state index in [0.29, 0.717) is 46.8 Å². The molecular weight excluding hydrogens is 450 g/mol. The van der Waals surface area contributed by atoms with Crippen molar-refractivity contribution in [3.05, 3.63) is 51.2 Å². The molecular formula is C23H27NO8S. The van der Waals surface area contributed by atoms with Gasteiger partial charge in [-0.25, -0.2) is 17.9 Å². The average Bonchev–Trinajstić information content (AvgIpc) is 3.06. The maximum Gasteiger partial charge on any atom is 0.341 e. The molecule has 0 fully saturated rings. The molecule has 0 heterocycles. The van der Waals surface area contributed by atoms with Crippen LogP contribution in [0.2, 0.25) is 0 Å². The second kappa shape index (κ2) is 9.80. The average molecular weight is 478 g/mol. The van der Waals surface area contributed by atoms with E-state index in [-0.39, 0.29) is 11.3 Å². The van der Waals surface area contributed by atoms with Gasteiger partial charge < -0.3 is 18.9 Å². The van der Waals surface area contributed by atoms with E-state index in [1.54, 1.807) is 6.07 Å². The summed E-state index contributed by atoms with van der Waals surface area (Å²) in [5, 5.41) is 0. The third-order valence-electron chi connectivity index (χ3n) is 5.65. The molecule has 0 saturated heterocycles. The highest BCUT2D eigenvalue weighted by Crippen LogP contribution is 2.50. The van der Waals surface area contributed by atoms with Gasteiger partial charge in [0.2, 0.25) is 15.8 Å². The first kappa shape index (κ1) is 24.5. The third kappa shape index (κ3) is 4.67. The van der Waals surface area contributed by atoms with Crippen LogP contribution in [0.1, 0.15) is 40.9 Å². The zero-order valence-corrected chi connectivity index (χ0v) is 20.0. The van der Waals surface area contributed by atoms with Crippen LogP contribution in [0.15, 0.2) is 29.1 Å². The summed E-state index contributed by atoms with van der Waals surface area (Å²) in [6.07, 6.45) is 0.842. The standard InChI is InChI=1S/C23H27NO8S/c1-6-33(27,28)24-17-10-7-13-11-19(29-2)21(30-3)22(31-4)20(13)14-8-9-15(23(26)32-5)18(25)12-16(14)17/h8-9,11-12,17,24H,6-7,10H2,1-5H3/t17-/m0/s1. The molecule has 0 saturated carbocycles. The number of fused-ring (bicyclic) bond motifs is 3. The molecule has 2 aromatic carbocycles. The summed E-state index contributed by atoms with van der Waals surface area (Å²) < 4.78 is 49.0. The molecule has 9 nitrogen and oxygen atoms in total. The Morgan fingerprint density at radius 2 is 1.76 bits per heavy atom. The number of aryl methyl sites for hydroxylation is 1. The molecule has 0 aromatic heterocycles. The van der Waals surface area contributed by atoms with Crippen molar-refractivity contribution in [3.8, 4) is 28.4 Å². The maximum atomic E-state index is 12.9. The second-order valence-corrected chi connectivity index (χ2v) is 9.45. The molecule has 0 unspecified atom stereocenters. The quantitative estimate of drug-likeness (QED) is 0.605. The van der Waals surface area contributed by atoms with E-state index < -0.39 is 27.5 Å². The number of hydrogen-bond donors (Lipinski definition) is 1. The van der Waals surface area contributed by atoms with Gasteiger partial charge >= 0.3 is 5.97 Å². The molecule has 178 valence electrons. The first-order valence-electron chi connectivity index (χ1n) is 10.3. The Morgan fingerprint density at radius 1 is 1.06 bits per heavy atom. The van der Waals surface area contributed by atoms with Gasteiger partial charge in [-0.15, -0.1) is 0 Å². The predicted octanol–water partition coefficient (Wildman–Crippen LogP) is 2.45. The summed E-state index contributed by atoms with van der Waals surface area (Å²) in [5.74, 6) is 0.301. The first-order valence-corrected chi connectivity index (χ1v) is 11.9. The van der Waals surface area contributed by atoms with Crippen molar-refractivity contribution in [2.75, 3.05) is 34.2 Å². The largest absolute Gasteiger partial charge is 0.493 e. The fourth-order valence-electron chi connectivity index (χ4n) is 4.01. The summed E-state index contributed by atoms with van der Waals surface area (Å²) in [6.45, 7) is 1.53. The normalized spacial score (nSPS) is 15.0. The van der Waals surface area contributed by atoms with E-state index >= 15 is 0 Å². The number of nitrogens with one attached hydrogen (secondary N) is 1. The van der Waals surface area contributed by atoms with Crippen LogP contribution in [0.25, 0.3) is 11.1 Å². The van der Waals surface area contributed by atoms with Crippen LogP contribution in [-0.2, 0) is 21.2 Å². The Balaban J connectivity index is 2.43. The molecule has 1 aliphatic carbocycles. The lowest BCUT2D eigenvalue weighted by Gasteiger charge is -2.19. The Bertz CT molecular complexity index is 1240. The Kier molecular flexibility index (Phi) is 7.28. The third-order valence-corrected chi connectivity index (χ3v) is 7.05. The van der Waals surface area contributed by atoms with Crippen LogP contribution < -0.4 is 24.4 Å². The summed E-state index contributed by atoms with van der Waals surface area (Å²) in [4.78, 5) is 25.1. The van der Waals surface area contributed by atoms with Crippen LogP contribution in [0.5, 0.6) is 17.2 Å². The molecule has 1 aliphatic rings. The fourth-order valence-corrected chi connectivity index (χ4v) is 4.86. The number of carbonyl (C=O) groups excluding carboxylic acids is 1. The molecule has 1 N–H and O–H groups in total. The Hall–Kier alpha value is -3.11. The van der Waals surface area contributed by atoms with Gasteiger partial charge in [0.1, 0.15) is 5.56 Å². The van der Waals surface area contributed by atoms with Crippen LogP contribution in [-0.4, -0.2) is 48.6 Å². The molecule has 0 spiro atoms. The highest BCUT2D eigenvalue weighted by molar-refractivity contribution is 7.89. The lowest BCUT2D eigenvalue weighted by Crippen LogP contribution is -2.30. The maximum absolute atomic E-state index is 12.9. The molecule has 33 heavy (non-hydrogen) atoms. The zero-order chi connectivity index (χ0) is 24.3. The second-order valence-electron chi connectivity index (χ2n) is 7.41. The monoisotopic (exact) mass is 477 g/mol. The fraction of sp³-hybridized carbons (Fsp3) is 0.391. The molecule has 0 radical (unpaired) electrons. The zero-order valence-electron chi connectivity index (χ0n) is 19.2. The molecule has 2 aromatic rings. The number of esters is 1. The number of carbonyl (C=O) groups is 1. The number of ether oxygens (including phenoxy) is 4. The van der Waals surface area contributed by atoms with Gasteiger partial charge in [-0.2, -0.15) is 0 Å². The topological polar surface area (TPSA) is 117 Å². The molecule has 0 aliphatic heterocycles. The van der Waals surface area contributed by atoms with Crippen molar-refractivity contribution >= 4 is 16.0 Å². The predicted molar refractivity (Wildman–Crippen MR) is 123 cm³/mol. The van der Waals surface area contributed by atoms with E-state index in [0.717, 1.165) is 5.56 Å². The van der Waals surface area contributed by atoms with E-state index in [2.05, 4.69) is 4.72 Å². The summed E-state index contributed by atoms with van der Waals surface area (Å²) in [7, 11) is 2.08. The van der Waals surface area contributed by atoms with E-state index in [1.165, 1.54) is 47.5 Å². The minimum Gasteiger partial charge on any atom is -0.493 e. The lowest BCUT2D eigenvalue weighted by molar-refractivity contribution is 0.0599. The van der Waals surface area contributed by atoms with Crippen molar-refractivity contribution in [3.63, 3.8) is 0 Å². The van der Waals surface area contributed by atoms with Gasteiger partial charge in [0, 0.05) is 11.6 Å². The van der Waals surface area contributed by atoms with E-state index in [4.69, 9.17) is 18.9 Å². The van der Waals surface area contributed by atoms with Crippen LogP contribution in [0.3, 0.4) is 0 Å². The summed E-state index contributed by atoms with van der Waals surface area (Å²) in [6, 6.07) is 5.38. The number of sulfonamides is 1. The van der Waals surface area contributed by atoms with Crippen molar-refractivity contribution in [1.29, 1.82) is 0 Å². The number of hydrogen-bond acceptors (Lipinski definition) is 8. The first-order chi connectivity index (χ1) is 15.7. The number of benzene rings is 1. The molecule has 10 heteroatoms. The summed E-state index contributed by atoms with van der Waals surface area (Å²) in [5.41, 5.74) is 1.68. The minimum atomic E-state index is -3.60. The minimum absolute atomic E-state index is 0.118.